The summed E-state index contributed by atoms with van der Waals surface area (Å²) in [7, 11) is 0. The normalized spacial score (nSPS) is 8.63. The van der Waals surface area contributed by atoms with Crippen LogP contribution >= 0.6 is 0 Å². The van der Waals surface area contributed by atoms with Crippen molar-refractivity contribution in [2.75, 3.05) is 13.2 Å². The van der Waals surface area contributed by atoms with Gasteiger partial charge in [-0.05, 0) is 12.1 Å². The van der Waals surface area contributed by atoms with Crippen LogP contribution in [0.3, 0.4) is 0 Å². The first-order valence-electron chi connectivity index (χ1n) is 4.72. The Morgan fingerprint density at radius 1 is 1.37 bits per heavy atom. The van der Waals surface area contributed by atoms with Crippen molar-refractivity contribution >= 4 is 5.91 Å². The zero-order valence-corrected chi connectivity index (χ0v) is 9.46. The number of aromatic nitrogens is 1. The van der Waals surface area contributed by atoms with Gasteiger partial charge in [0, 0.05) is 24.5 Å². The minimum Gasteiger partial charge on any atom is -0.350 e. The van der Waals surface area contributed by atoms with Crippen molar-refractivity contribution in [1.29, 1.82) is 0 Å². The summed E-state index contributed by atoms with van der Waals surface area (Å²) in [5.41, 5.74) is 0.450. The molecule has 0 aliphatic heterocycles. The van der Waals surface area contributed by atoms with Crippen molar-refractivity contribution < 1.29 is 25.0 Å². The summed E-state index contributed by atoms with van der Waals surface area (Å²) in [6.45, 7) is -0.0774. The Hall–Kier alpha value is -2.98. The van der Waals surface area contributed by atoms with Crippen LogP contribution in [-0.4, -0.2) is 39.4 Å². The van der Waals surface area contributed by atoms with Crippen LogP contribution in [0.2, 0.25) is 0 Å². The molecule has 0 aromatic carbocycles. The summed E-state index contributed by atoms with van der Waals surface area (Å²) in [5, 5.41) is 25.0. The molecule has 0 unspecified atom stereocenters. The molecule has 1 aromatic heterocycles. The molecular formula is C8H10N4O7. The highest BCUT2D eigenvalue weighted by Gasteiger charge is 2.03. The smallest absolute Gasteiger partial charge is 0.294 e. The maximum Gasteiger partial charge on any atom is 0.294 e. The molecule has 11 nitrogen and oxygen atoms in total. The molecule has 0 saturated heterocycles. The number of hydrogen-bond donors (Lipinski definition) is 2. The van der Waals surface area contributed by atoms with Crippen LogP contribution < -0.4 is 5.32 Å². The summed E-state index contributed by atoms with van der Waals surface area (Å²) in [6, 6.07) is 3.09. The Bertz CT molecular complexity index is 420. The Labute approximate surface area is 106 Å². The van der Waals surface area contributed by atoms with Crippen molar-refractivity contribution in [2.24, 2.45) is 0 Å². The van der Waals surface area contributed by atoms with Crippen molar-refractivity contribution in [3.8, 4) is 0 Å². The van der Waals surface area contributed by atoms with E-state index in [-0.39, 0.29) is 19.1 Å². The third kappa shape index (κ3) is 9.92. The highest BCUT2D eigenvalue weighted by Crippen LogP contribution is 1.94. The highest BCUT2D eigenvalue weighted by molar-refractivity contribution is 5.93. The predicted octanol–water partition coefficient (Wildman–Crippen LogP) is -0.328. The van der Waals surface area contributed by atoms with Crippen LogP contribution in [0, 0.1) is 20.2 Å². The van der Waals surface area contributed by atoms with E-state index in [1.807, 2.05) is 0 Å². The molecule has 0 bridgehead atoms. The molecule has 0 saturated carbocycles. The van der Waals surface area contributed by atoms with Crippen molar-refractivity contribution in [3.05, 3.63) is 50.3 Å². The molecule has 19 heavy (non-hydrogen) atoms. The van der Waals surface area contributed by atoms with Gasteiger partial charge in [0.2, 0.25) is 0 Å². The summed E-state index contributed by atoms with van der Waals surface area (Å²) in [6.07, 6.45) is 2.98. The van der Waals surface area contributed by atoms with Crippen molar-refractivity contribution in [3.63, 3.8) is 0 Å². The van der Waals surface area contributed by atoms with E-state index in [2.05, 4.69) is 15.1 Å². The topological polar surface area (TPSA) is 158 Å². The van der Waals surface area contributed by atoms with E-state index in [0.717, 1.165) is 0 Å². The largest absolute Gasteiger partial charge is 0.350 e. The Balaban J connectivity index is 0.000000711. The molecule has 0 atom stereocenters. The van der Waals surface area contributed by atoms with Gasteiger partial charge in [0.05, 0.1) is 0 Å². The molecule has 104 valence electrons. The number of carbonyl (C=O) groups is 1. The van der Waals surface area contributed by atoms with Gasteiger partial charge < -0.3 is 15.4 Å². The first kappa shape index (κ1) is 16.0. The van der Waals surface area contributed by atoms with Gasteiger partial charge in [-0.1, -0.05) is 0 Å². The molecule has 1 rings (SSSR count). The van der Waals surface area contributed by atoms with Crippen molar-refractivity contribution in [1.82, 2.24) is 10.3 Å². The number of carbonyl (C=O) groups excluding carboxylic acids is 1. The van der Waals surface area contributed by atoms with Gasteiger partial charge in [-0.15, -0.1) is 20.2 Å². The lowest BCUT2D eigenvalue weighted by molar-refractivity contribution is -0.757. The third-order valence-electron chi connectivity index (χ3n) is 1.53. The zero-order valence-electron chi connectivity index (χ0n) is 9.46. The Kier molecular flexibility index (Phi) is 7.67. The maximum atomic E-state index is 11.3. The lowest BCUT2D eigenvalue weighted by Gasteiger charge is -2.03. The molecule has 0 spiro atoms. The highest BCUT2D eigenvalue weighted by atomic mass is 16.9. The molecule has 0 aliphatic carbocycles. The van der Waals surface area contributed by atoms with Crippen LogP contribution in [0.25, 0.3) is 0 Å². The second-order valence-corrected chi connectivity index (χ2v) is 2.79. The van der Waals surface area contributed by atoms with Gasteiger partial charge >= 0.3 is 0 Å². The maximum absolute atomic E-state index is 11.3. The standard InChI is InChI=1S/C8H9N3O4.HNO3/c12-8(7-1-3-9-4-2-7)10-5-6-15-11(13)14;2-1(3)4/h1-4H,5-6H2,(H,10,12);(H,2,3,4). The summed E-state index contributed by atoms with van der Waals surface area (Å²) in [4.78, 5) is 37.2. The van der Waals surface area contributed by atoms with Crippen LogP contribution in [0.5, 0.6) is 0 Å². The van der Waals surface area contributed by atoms with Crippen molar-refractivity contribution in [2.45, 2.75) is 0 Å². The van der Waals surface area contributed by atoms with Gasteiger partial charge in [-0.25, -0.2) is 0 Å². The first-order chi connectivity index (χ1) is 8.93. The quantitative estimate of drug-likeness (QED) is 0.419. The minimum atomic E-state index is -1.50. The number of rotatable bonds is 5. The third-order valence-corrected chi connectivity index (χ3v) is 1.53. The number of nitrogens with zero attached hydrogens (tertiary/aromatic N) is 3. The SMILES string of the molecule is O=C(NCCO[N+](=O)[O-])c1ccncc1.O=[N+]([O-])O. The van der Waals surface area contributed by atoms with Crippen LogP contribution in [0.15, 0.2) is 24.5 Å². The first-order valence-corrected chi connectivity index (χ1v) is 4.72. The Morgan fingerprint density at radius 3 is 2.37 bits per heavy atom. The van der Waals surface area contributed by atoms with Gasteiger partial charge in [0.15, 0.2) is 0 Å². The fourth-order valence-corrected chi connectivity index (χ4v) is 0.890. The van der Waals surface area contributed by atoms with Crippen LogP contribution in [-0.2, 0) is 4.84 Å². The average molecular weight is 274 g/mol. The van der Waals surface area contributed by atoms with E-state index in [9.17, 15) is 14.9 Å². The molecule has 2 N–H and O–H groups in total. The summed E-state index contributed by atoms with van der Waals surface area (Å²) in [5.74, 6) is -0.315. The number of nitrogens with one attached hydrogen (secondary N) is 1. The second-order valence-electron chi connectivity index (χ2n) is 2.79. The van der Waals surface area contributed by atoms with E-state index < -0.39 is 10.2 Å². The molecule has 1 amide bonds. The molecule has 0 radical (unpaired) electrons. The minimum absolute atomic E-state index is 0.0855. The van der Waals surface area contributed by atoms with Gasteiger partial charge in [-0.2, -0.15) is 0 Å². The molecule has 0 aliphatic rings. The van der Waals surface area contributed by atoms with Gasteiger partial charge in [-0.3, -0.25) is 9.78 Å². The van der Waals surface area contributed by atoms with E-state index in [4.69, 9.17) is 15.3 Å². The van der Waals surface area contributed by atoms with Crippen LogP contribution in [0.4, 0.5) is 0 Å². The number of amides is 1. The molecular weight excluding hydrogens is 264 g/mol. The van der Waals surface area contributed by atoms with E-state index in [1.54, 1.807) is 12.1 Å². The second kappa shape index (κ2) is 9.09. The monoisotopic (exact) mass is 274 g/mol. The van der Waals surface area contributed by atoms with Gasteiger partial charge in [0.25, 0.3) is 16.1 Å². The number of hydrogen-bond acceptors (Lipinski definition) is 7. The molecule has 0 fully saturated rings. The van der Waals surface area contributed by atoms with Gasteiger partial charge in [0.1, 0.15) is 6.61 Å². The van der Waals surface area contributed by atoms with Crippen LogP contribution in [0.1, 0.15) is 10.4 Å². The van der Waals surface area contributed by atoms with E-state index in [0.29, 0.717) is 5.56 Å². The summed E-state index contributed by atoms with van der Waals surface area (Å²) >= 11 is 0. The fraction of sp³-hybridized carbons (Fsp3) is 0.250. The average Bonchev–Trinajstić information content (AvgIpc) is 2.34. The predicted molar refractivity (Wildman–Crippen MR) is 58.3 cm³/mol. The lowest BCUT2D eigenvalue weighted by atomic mass is 10.2. The fourth-order valence-electron chi connectivity index (χ4n) is 0.890. The Morgan fingerprint density at radius 2 is 1.89 bits per heavy atom. The zero-order chi connectivity index (χ0) is 14.7. The molecule has 1 aromatic rings. The van der Waals surface area contributed by atoms with E-state index >= 15 is 0 Å². The number of pyridine rings is 1. The van der Waals surface area contributed by atoms with E-state index in [1.165, 1.54) is 12.4 Å². The lowest BCUT2D eigenvalue weighted by Crippen LogP contribution is -2.27. The molecule has 11 heteroatoms. The summed E-state index contributed by atoms with van der Waals surface area (Å²) < 4.78 is 0. The molecule has 1 heterocycles.